The van der Waals surface area contributed by atoms with E-state index < -0.39 is 27.7 Å². The van der Waals surface area contributed by atoms with Gasteiger partial charge in [0.2, 0.25) is 5.91 Å². The maximum atomic E-state index is 11.3. The van der Waals surface area contributed by atoms with Crippen LogP contribution in [0.15, 0.2) is 46.8 Å². The summed E-state index contributed by atoms with van der Waals surface area (Å²) in [4.78, 5) is 24.5. The summed E-state index contributed by atoms with van der Waals surface area (Å²) in [6.07, 6.45) is 0.275. The van der Waals surface area contributed by atoms with Crippen LogP contribution in [0.4, 0.5) is 5.69 Å². The summed E-state index contributed by atoms with van der Waals surface area (Å²) in [7, 11) is 1.30. The number of primary amides is 1. The first-order chi connectivity index (χ1) is 12.7. The van der Waals surface area contributed by atoms with Crippen LogP contribution in [-0.2, 0) is 20.1 Å². The zero-order valence-electron chi connectivity index (χ0n) is 16.0. The maximum absolute atomic E-state index is 11.3. The molecule has 0 heterocycles. The van der Waals surface area contributed by atoms with Crippen molar-refractivity contribution in [2.45, 2.75) is 26.7 Å². The number of anilines is 1. The highest BCUT2D eigenvalue weighted by Gasteiger charge is 2.41. The van der Waals surface area contributed by atoms with Gasteiger partial charge in [-0.05, 0) is 24.3 Å². The Labute approximate surface area is 160 Å². The van der Waals surface area contributed by atoms with Gasteiger partial charge in [0.25, 0.3) is 5.91 Å². The number of nitrogens with zero attached hydrogens (tertiary/aromatic N) is 2. The minimum atomic E-state index is -2.84. The molecule has 0 aliphatic carbocycles. The molecule has 27 heavy (non-hydrogen) atoms. The quantitative estimate of drug-likeness (QED) is 0.788. The van der Waals surface area contributed by atoms with E-state index in [4.69, 9.17) is 5.73 Å². The molecule has 2 N–H and O–H groups in total. The van der Waals surface area contributed by atoms with Crippen LogP contribution >= 0.6 is 0 Å². The van der Waals surface area contributed by atoms with Gasteiger partial charge in [-0.1, -0.05) is 54.6 Å². The monoisotopic (exact) mass is 391 g/mol. The molecule has 0 fully saturated rings. The molecular formula is C19H25N3O4S. The standard InChI is InChI=1S/C12H13N.C7H12N2O4S/c1-13(2)12-9-5-7-10-6-3-4-8-11(10)12;1-3-7(4-2,5(8)10)6(11)9-14(12)13/h3-9H,1-2H3;3-4H2,1-2H3,(H2,8,10). The van der Waals surface area contributed by atoms with Crippen LogP contribution in [0, 0.1) is 5.41 Å². The highest BCUT2D eigenvalue weighted by Crippen LogP contribution is 2.27. The Morgan fingerprint density at radius 2 is 1.59 bits per heavy atom. The highest BCUT2D eigenvalue weighted by atomic mass is 32.2. The largest absolute Gasteiger partial charge is 0.377 e. The summed E-state index contributed by atoms with van der Waals surface area (Å²) in [5.74, 6) is -1.84. The summed E-state index contributed by atoms with van der Waals surface area (Å²) < 4.78 is 23.1. The third-order valence-electron chi connectivity index (χ3n) is 4.49. The molecule has 0 aliphatic rings. The molecular weight excluding hydrogens is 366 g/mol. The van der Waals surface area contributed by atoms with Crippen LogP contribution in [0.2, 0.25) is 0 Å². The first kappa shape index (κ1) is 22.3. The van der Waals surface area contributed by atoms with Crippen molar-refractivity contribution in [2.24, 2.45) is 15.5 Å². The topological polar surface area (TPSA) is 110 Å². The molecule has 0 atom stereocenters. The Morgan fingerprint density at radius 3 is 2.07 bits per heavy atom. The molecule has 0 unspecified atom stereocenters. The maximum Gasteiger partial charge on any atom is 0.319 e. The van der Waals surface area contributed by atoms with Gasteiger partial charge >= 0.3 is 10.5 Å². The number of fused-ring (bicyclic) bond motifs is 1. The van der Waals surface area contributed by atoms with Crippen LogP contribution in [0.5, 0.6) is 0 Å². The van der Waals surface area contributed by atoms with E-state index in [0.717, 1.165) is 0 Å². The lowest BCUT2D eigenvalue weighted by atomic mass is 9.81. The van der Waals surface area contributed by atoms with Gasteiger partial charge in [0, 0.05) is 25.2 Å². The zero-order valence-corrected chi connectivity index (χ0v) is 16.8. The summed E-state index contributed by atoms with van der Waals surface area (Å²) in [5, 5.41) is 2.61. The van der Waals surface area contributed by atoms with Gasteiger partial charge < -0.3 is 10.6 Å². The van der Waals surface area contributed by atoms with Gasteiger partial charge in [-0.2, -0.15) is 8.42 Å². The van der Waals surface area contributed by atoms with Crippen molar-refractivity contribution in [1.82, 2.24) is 0 Å². The van der Waals surface area contributed by atoms with E-state index in [2.05, 4.69) is 65.8 Å². The van der Waals surface area contributed by atoms with Crippen LogP contribution < -0.4 is 10.6 Å². The smallest absolute Gasteiger partial charge is 0.319 e. The SMILES string of the molecule is CCC(CC)(C(N)=O)C(=O)N=S(=O)=O.CN(C)c1cccc2ccccc12. The molecule has 2 amide bonds. The fourth-order valence-electron chi connectivity index (χ4n) is 2.76. The van der Waals surface area contributed by atoms with Crippen molar-refractivity contribution >= 4 is 38.8 Å². The summed E-state index contributed by atoms with van der Waals surface area (Å²) in [6.45, 7) is 3.16. The van der Waals surface area contributed by atoms with Gasteiger partial charge in [-0.3, -0.25) is 9.59 Å². The number of benzene rings is 2. The molecule has 8 heteroatoms. The summed E-state index contributed by atoms with van der Waals surface area (Å²) >= 11 is 0. The molecule has 146 valence electrons. The normalized spacial score (nSPS) is 10.5. The fraction of sp³-hybridized carbons (Fsp3) is 0.368. The number of hydrogen-bond acceptors (Lipinski definition) is 5. The Morgan fingerprint density at radius 1 is 1.04 bits per heavy atom. The third kappa shape index (κ3) is 5.37. The van der Waals surface area contributed by atoms with E-state index in [1.54, 1.807) is 13.8 Å². The van der Waals surface area contributed by atoms with Crippen LogP contribution in [0.3, 0.4) is 0 Å². The molecule has 0 bridgehead atoms. The molecule has 0 saturated carbocycles. The molecule has 2 aromatic rings. The van der Waals surface area contributed by atoms with Crippen molar-refractivity contribution < 1.29 is 18.0 Å². The van der Waals surface area contributed by atoms with Gasteiger partial charge in [0.05, 0.1) is 0 Å². The van der Waals surface area contributed by atoms with Gasteiger partial charge in [-0.25, -0.2) is 0 Å². The van der Waals surface area contributed by atoms with Crippen molar-refractivity contribution in [3.05, 3.63) is 42.5 Å². The number of carbonyl (C=O) groups is 2. The average Bonchev–Trinajstić information content (AvgIpc) is 2.62. The molecule has 0 aromatic heterocycles. The lowest BCUT2D eigenvalue weighted by Crippen LogP contribution is -2.42. The van der Waals surface area contributed by atoms with Crippen molar-refractivity contribution in [3.8, 4) is 0 Å². The molecule has 7 nitrogen and oxygen atoms in total. The Hall–Kier alpha value is -2.74. The molecule has 2 aromatic carbocycles. The van der Waals surface area contributed by atoms with Crippen LogP contribution in [0.25, 0.3) is 10.8 Å². The lowest BCUT2D eigenvalue weighted by molar-refractivity contribution is -0.139. The number of carbonyl (C=O) groups excluding carboxylic acids is 2. The average molecular weight is 391 g/mol. The Kier molecular flexibility index (Phi) is 8.11. The molecule has 0 aliphatic heterocycles. The first-order valence-corrected chi connectivity index (χ1v) is 9.53. The predicted molar refractivity (Wildman–Crippen MR) is 107 cm³/mol. The second-order valence-corrected chi connectivity index (χ2v) is 6.78. The van der Waals surface area contributed by atoms with Crippen LogP contribution in [0.1, 0.15) is 26.7 Å². The number of amides is 2. The fourth-order valence-corrected chi connectivity index (χ4v) is 3.07. The van der Waals surface area contributed by atoms with Gasteiger partial charge in [0.1, 0.15) is 5.41 Å². The van der Waals surface area contributed by atoms with E-state index in [9.17, 15) is 18.0 Å². The van der Waals surface area contributed by atoms with Crippen molar-refractivity contribution in [1.29, 1.82) is 0 Å². The van der Waals surface area contributed by atoms with Gasteiger partial charge in [0.15, 0.2) is 0 Å². The first-order valence-electron chi connectivity index (χ1n) is 8.50. The minimum Gasteiger partial charge on any atom is -0.377 e. The second-order valence-electron chi connectivity index (χ2n) is 6.16. The zero-order chi connectivity index (χ0) is 20.6. The summed E-state index contributed by atoms with van der Waals surface area (Å²) in [6, 6.07) is 14.8. The summed E-state index contributed by atoms with van der Waals surface area (Å²) in [5.41, 5.74) is 4.84. The van der Waals surface area contributed by atoms with Crippen LogP contribution in [-0.4, -0.2) is 34.3 Å². The minimum absolute atomic E-state index is 0.137. The lowest BCUT2D eigenvalue weighted by Gasteiger charge is -2.22. The molecule has 2 rings (SSSR count). The van der Waals surface area contributed by atoms with E-state index in [-0.39, 0.29) is 12.8 Å². The Balaban J connectivity index is 0.000000270. The second kappa shape index (κ2) is 9.82. The molecule has 0 saturated heterocycles. The van der Waals surface area contributed by atoms with E-state index in [1.165, 1.54) is 16.5 Å². The van der Waals surface area contributed by atoms with E-state index >= 15 is 0 Å². The Bertz CT molecular complexity index is 935. The van der Waals surface area contributed by atoms with Gasteiger partial charge in [-0.15, -0.1) is 0 Å². The molecule has 0 radical (unpaired) electrons. The van der Waals surface area contributed by atoms with Crippen molar-refractivity contribution in [3.63, 3.8) is 0 Å². The number of hydrogen-bond donors (Lipinski definition) is 1. The van der Waals surface area contributed by atoms with Crippen molar-refractivity contribution in [2.75, 3.05) is 19.0 Å². The predicted octanol–water partition coefficient (Wildman–Crippen LogP) is 2.77. The highest BCUT2D eigenvalue weighted by molar-refractivity contribution is 7.62. The van der Waals surface area contributed by atoms with E-state index in [1.807, 2.05) is 0 Å². The molecule has 0 spiro atoms. The number of rotatable bonds is 5. The number of nitrogens with two attached hydrogens (primary N) is 1. The van der Waals surface area contributed by atoms with E-state index in [0.29, 0.717) is 0 Å². The third-order valence-corrected chi connectivity index (χ3v) is 4.81.